The van der Waals surface area contributed by atoms with E-state index in [1.807, 2.05) is 0 Å². The highest BCUT2D eigenvalue weighted by Gasteiger charge is 2.17. The van der Waals surface area contributed by atoms with Crippen LogP contribution in [0.25, 0.3) is 0 Å². The second kappa shape index (κ2) is 9.34. The summed E-state index contributed by atoms with van der Waals surface area (Å²) in [4.78, 5) is 17.1. The number of carbonyl (C=O) groups is 1. The molecule has 2 aromatic rings. The molecule has 5 heteroatoms. The van der Waals surface area contributed by atoms with E-state index in [0.29, 0.717) is 36.4 Å². The van der Waals surface area contributed by atoms with Crippen LogP contribution in [-0.2, 0) is 4.74 Å². The number of amides is 1. The molecular weight excluding hydrogens is 326 g/mol. The van der Waals surface area contributed by atoms with Crippen molar-refractivity contribution >= 4 is 17.4 Å². The minimum Gasteiger partial charge on any atom is -0.383 e. The van der Waals surface area contributed by atoms with Gasteiger partial charge in [0.25, 0.3) is 5.91 Å². The quantitative estimate of drug-likeness (QED) is 0.677. The number of anilines is 2. The summed E-state index contributed by atoms with van der Waals surface area (Å²) in [5, 5.41) is 6.28. The van der Waals surface area contributed by atoms with Crippen LogP contribution in [0.2, 0.25) is 0 Å². The molecule has 0 spiro atoms. The molecule has 5 nitrogen and oxygen atoms in total. The summed E-state index contributed by atoms with van der Waals surface area (Å²) in [5.41, 5.74) is 3.80. The summed E-state index contributed by atoms with van der Waals surface area (Å²) >= 11 is 0. The van der Waals surface area contributed by atoms with Gasteiger partial charge in [-0.15, -0.1) is 0 Å². The van der Waals surface area contributed by atoms with Crippen LogP contribution in [-0.4, -0.2) is 31.2 Å². The van der Waals surface area contributed by atoms with Crippen LogP contribution in [0, 0.1) is 0 Å². The lowest BCUT2D eigenvalue weighted by Gasteiger charge is -2.20. The molecule has 2 rings (SSSR count). The standard InChI is InChI=1S/C21H29N3O2/c1-14(2)17-7-6-8-18(15(3)4)20(17)24-21(25)16-9-10-22-19(13-16)23-11-12-26-5/h6-10,13-15H,11-12H2,1-5H3,(H,22,23)(H,24,25). The van der Waals surface area contributed by atoms with Gasteiger partial charge in [-0.05, 0) is 35.1 Å². The van der Waals surface area contributed by atoms with Gasteiger partial charge in [0.2, 0.25) is 0 Å². The average Bonchev–Trinajstić information content (AvgIpc) is 2.62. The number of carbonyl (C=O) groups excluding carboxylic acids is 1. The SMILES string of the molecule is COCCNc1cc(C(=O)Nc2c(C(C)C)cccc2C(C)C)ccn1. The minimum absolute atomic E-state index is 0.128. The molecule has 0 bridgehead atoms. The summed E-state index contributed by atoms with van der Waals surface area (Å²) in [6.07, 6.45) is 1.64. The summed E-state index contributed by atoms with van der Waals surface area (Å²) in [6, 6.07) is 9.71. The molecule has 1 heterocycles. The lowest BCUT2D eigenvalue weighted by Crippen LogP contribution is -2.17. The molecule has 0 atom stereocenters. The van der Waals surface area contributed by atoms with Crippen molar-refractivity contribution in [1.82, 2.24) is 4.98 Å². The van der Waals surface area contributed by atoms with E-state index in [2.05, 4.69) is 61.5 Å². The summed E-state index contributed by atoms with van der Waals surface area (Å²) in [5.74, 6) is 1.19. The third-order valence-corrected chi connectivity index (χ3v) is 4.25. The van der Waals surface area contributed by atoms with Crippen LogP contribution < -0.4 is 10.6 Å². The molecule has 1 aromatic carbocycles. The van der Waals surface area contributed by atoms with Crippen LogP contribution in [0.5, 0.6) is 0 Å². The van der Waals surface area contributed by atoms with Crippen LogP contribution in [0.4, 0.5) is 11.5 Å². The molecule has 0 saturated heterocycles. The fourth-order valence-electron chi connectivity index (χ4n) is 2.83. The molecule has 0 unspecified atom stereocenters. The lowest BCUT2D eigenvalue weighted by molar-refractivity contribution is 0.102. The summed E-state index contributed by atoms with van der Waals surface area (Å²) in [7, 11) is 1.65. The van der Waals surface area contributed by atoms with Gasteiger partial charge in [-0.1, -0.05) is 45.9 Å². The Morgan fingerprint density at radius 1 is 1.12 bits per heavy atom. The van der Waals surface area contributed by atoms with Gasteiger partial charge >= 0.3 is 0 Å². The van der Waals surface area contributed by atoms with E-state index in [1.165, 1.54) is 0 Å². The molecule has 2 N–H and O–H groups in total. The van der Waals surface area contributed by atoms with Crippen molar-refractivity contribution in [3.8, 4) is 0 Å². The van der Waals surface area contributed by atoms with E-state index >= 15 is 0 Å². The molecule has 0 aliphatic heterocycles. The molecule has 1 aromatic heterocycles. The Morgan fingerprint density at radius 2 is 1.77 bits per heavy atom. The van der Waals surface area contributed by atoms with E-state index in [-0.39, 0.29) is 5.91 Å². The van der Waals surface area contributed by atoms with E-state index in [9.17, 15) is 4.79 Å². The Bertz CT molecular complexity index is 716. The maximum atomic E-state index is 12.9. The van der Waals surface area contributed by atoms with Gasteiger partial charge in [0.1, 0.15) is 5.82 Å². The number of nitrogens with one attached hydrogen (secondary N) is 2. The Balaban J connectivity index is 2.26. The van der Waals surface area contributed by atoms with Gasteiger partial charge in [0.05, 0.1) is 6.61 Å². The Morgan fingerprint density at radius 3 is 2.35 bits per heavy atom. The monoisotopic (exact) mass is 355 g/mol. The predicted molar refractivity (Wildman–Crippen MR) is 107 cm³/mol. The molecule has 0 radical (unpaired) electrons. The number of para-hydroxylation sites is 1. The zero-order valence-electron chi connectivity index (χ0n) is 16.3. The van der Waals surface area contributed by atoms with Crippen LogP contribution in [0.15, 0.2) is 36.5 Å². The van der Waals surface area contributed by atoms with Crippen molar-refractivity contribution in [1.29, 1.82) is 0 Å². The number of benzene rings is 1. The number of aromatic nitrogens is 1. The number of ether oxygens (including phenoxy) is 1. The molecule has 140 valence electrons. The number of pyridine rings is 1. The fraction of sp³-hybridized carbons (Fsp3) is 0.429. The Kier molecular flexibility index (Phi) is 7.16. The minimum atomic E-state index is -0.128. The first kappa shape index (κ1) is 19.9. The molecular formula is C21H29N3O2. The predicted octanol–water partition coefficient (Wildman–Crippen LogP) is 4.64. The largest absolute Gasteiger partial charge is 0.383 e. The van der Waals surface area contributed by atoms with E-state index in [0.717, 1.165) is 16.8 Å². The van der Waals surface area contributed by atoms with Crippen molar-refractivity contribution in [2.45, 2.75) is 39.5 Å². The third-order valence-electron chi connectivity index (χ3n) is 4.25. The first-order valence-corrected chi connectivity index (χ1v) is 9.07. The van der Waals surface area contributed by atoms with Crippen molar-refractivity contribution in [3.05, 3.63) is 53.2 Å². The van der Waals surface area contributed by atoms with Crippen molar-refractivity contribution in [3.63, 3.8) is 0 Å². The van der Waals surface area contributed by atoms with Gasteiger partial charge in [-0.2, -0.15) is 0 Å². The van der Waals surface area contributed by atoms with Gasteiger partial charge in [0, 0.05) is 31.1 Å². The van der Waals surface area contributed by atoms with Crippen molar-refractivity contribution in [2.75, 3.05) is 30.9 Å². The number of methoxy groups -OCH3 is 1. The molecule has 1 amide bonds. The first-order chi connectivity index (χ1) is 12.4. The molecule has 0 aliphatic rings. The van der Waals surface area contributed by atoms with E-state index < -0.39 is 0 Å². The highest BCUT2D eigenvalue weighted by atomic mass is 16.5. The van der Waals surface area contributed by atoms with Crippen molar-refractivity contribution in [2.24, 2.45) is 0 Å². The van der Waals surface area contributed by atoms with Gasteiger partial charge in [0.15, 0.2) is 0 Å². The number of hydrogen-bond acceptors (Lipinski definition) is 4. The smallest absolute Gasteiger partial charge is 0.255 e. The third kappa shape index (κ3) is 5.05. The topological polar surface area (TPSA) is 63.2 Å². The molecule has 0 fully saturated rings. The summed E-state index contributed by atoms with van der Waals surface area (Å²) < 4.78 is 5.02. The van der Waals surface area contributed by atoms with Crippen LogP contribution in [0.1, 0.15) is 61.0 Å². The second-order valence-electron chi connectivity index (χ2n) is 6.92. The van der Waals surface area contributed by atoms with Gasteiger partial charge in [-0.3, -0.25) is 4.79 Å². The number of rotatable bonds is 8. The van der Waals surface area contributed by atoms with Crippen LogP contribution >= 0.6 is 0 Å². The maximum Gasteiger partial charge on any atom is 0.255 e. The average molecular weight is 355 g/mol. The van der Waals surface area contributed by atoms with Gasteiger partial charge < -0.3 is 15.4 Å². The van der Waals surface area contributed by atoms with E-state index in [4.69, 9.17) is 4.74 Å². The zero-order chi connectivity index (χ0) is 19.1. The second-order valence-corrected chi connectivity index (χ2v) is 6.92. The lowest BCUT2D eigenvalue weighted by atomic mass is 9.92. The number of hydrogen-bond donors (Lipinski definition) is 2. The first-order valence-electron chi connectivity index (χ1n) is 9.07. The molecule has 0 saturated carbocycles. The normalized spacial score (nSPS) is 11.0. The number of nitrogens with zero attached hydrogens (tertiary/aromatic N) is 1. The Hall–Kier alpha value is -2.40. The molecule has 26 heavy (non-hydrogen) atoms. The molecule has 0 aliphatic carbocycles. The Labute approximate surface area is 156 Å². The highest BCUT2D eigenvalue weighted by molar-refractivity contribution is 6.05. The maximum absolute atomic E-state index is 12.9. The van der Waals surface area contributed by atoms with Crippen LogP contribution in [0.3, 0.4) is 0 Å². The fourth-order valence-corrected chi connectivity index (χ4v) is 2.83. The van der Waals surface area contributed by atoms with Crippen molar-refractivity contribution < 1.29 is 9.53 Å². The summed E-state index contributed by atoms with van der Waals surface area (Å²) in [6.45, 7) is 9.78. The van der Waals surface area contributed by atoms with Gasteiger partial charge in [-0.25, -0.2) is 4.98 Å². The highest BCUT2D eigenvalue weighted by Crippen LogP contribution is 2.32. The zero-order valence-corrected chi connectivity index (χ0v) is 16.3. The van der Waals surface area contributed by atoms with E-state index in [1.54, 1.807) is 25.4 Å².